The summed E-state index contributed by atoms with van der Waals surface area (Å²) in [4.78, 5) is 30.9. The summed E-state index contributed by atoms with van der Waals surface area (Å²) in [7, 11) is 0. The summed E-state index contributed by atoms with van der Waals surface area (Å²) >= 11 is 0. The molecular weight excluding hydrogens is 216 g/mol. The van der Waals surface area contributed by atoms with Gasteiger partial charge in [-0.2, -0.15) is 0 Å². The van der Waals surface area contributed by atoms with Crippen LogP contribution in [0.3, 0.4) is 0 Å². The first-order valence-corrected chi connectivity index (χ1v) is 4.43. The Morgan fingerprint density at radius 3 is 2.31 bits per heavy atom. The van der Waals surface area contributed by atoms with Crippen LogP contribution in [-0.4, -0.2) is 15.6 Å². The van der Waals surface area contributed by atoms with Crippen molar-refractivity contribution < 1.29 is 14.6 Å². The van der Waals surface area contributed by atoms with E-state index in [1.807, 2.05) is 0 Å². The number of ketones is 1. The fraction of sp³-hybridized carbons (Fsp3) is 0.222. The topological polar surface area (TPSA) is 103 Å². The zero-order valence-corrected chi connectivity index (χ0v) is 8.37. The Bertz CT molecular complexity index is 469. The number of nitro groups is 2. The van der Waals surface area contributed by atoms with Crippen molar-refractivity contribution >= 4 is 17.2 Å². The molecule has 7 nitrogen and oxygen atoms in total. The summed E-state index contributed by atoms with van der Waals surface area (Å²) in [5.41, 5.74) is -1.03. The number of benzene rings is 1. The predicted molar refractivity (Wildman–Crippen MR) is 54.4 cm³/mol. The van der Waals surface area contributed by atoms with E-state index in [1.165, 1.54) is 0 Å². The number of Topliss-reactive ketones (excluding diaryl/α,β-unsaturated/α-hetero) is 1. The van der Waals surface area contributed by atoms with Crippen LogP contribution in [0.5, 0.6) is 0 Å². The molecule has 0 fully saturated rings. The molecular formula is C9H8N2O5. The third-order valence-corrected chi connectivity index (χ3v) is 2.01. The Morgan fingerprint density at radius 2 is 1.88 bits per heavy atom. The van der Waals surface area contributed by atoms with E-state index in [4.69, 9.17) is 0 Å². The highest BCUT2D eigenvalue weighted by Gasteiger charge is 2.22. The lowest BCUT2D eigenvalue weighted by Crippen LogP contribution is -2.03. The fourth-order valence-corrected chi connectivity index (χ4v) is 1.21. The molecule has 0 N–H and O–H groups in total. The number of carbonyl (C=O) groups excluding carboxylic acids is 1. The number of rotatable bonds is 4. The van der Waals surface area contributed by atoms with Crippen LogP contribution in [0.25, 0.3) is 0 Å². The fourth-order valence-electron chi connectivity index (χ4n) is 1.21. The lowest BCUT2D eigenvalue weighted by atomic mass is 10.1. The Kier molecular flexibility index (Phi) is 3.29. The molecule has 0 aliphatic heterocycles. The summed E-state index contributed by atoms with van der Waals surface area (Å²) in [6.45, 7) is 1.56. The molecule has 0 atom stereocenters. The van der Waals surface area contributed by atoms with Gasteiger partial charge in [-0.3, -0.25) is 25.0 Å². The van der Waals surface area contributed by atoms with Crippen LogP contribution < -0.4 is 0 Å². The largest absolute Gasteiger partial charge is 0.294 e. The van der Waals surface area contributed by atoms with E-state index in [0.717, 1.165) is 18.2 Å². The molecule has 0 bridgehead atoms. The van der Waals surface area contributed by atoms with E-state index < -0.39 is 27.0 Å². The molecule has 0 heterocycles. The molecule has 0 aromatic heterocycles. The van der Waals surface area contributed by atoms with Gasteiger partial charge in [0.15, 0.2) is 5.78 Å². The second-order valence-corrected chi connectivity index (χ2v) is 2.99. The molecule has 1 rings (SSSR count). The van der Waals surface area contributed by atoms with E-state index in [0.29, 0.717) is 0 Å². The number of hydrogen-bond donors (Lipinski definition) is 0. The van der Waals surface area contributed by atoms with Gasteiger partial charge in [0.25, 0.3) is 11.4 Å². The third-order valence-electron chi connectivity index (χ3n) is 2.01. The maximum atomic E-state index is 11.3. The van der Waals surface area contributed by atoms with E-state index >= 15 is 0 Å². The first-order valence-electron chi connectivity index (χ1n) is 4.43. The van der Waals surface area contributed by atoms with Crippen LogP contribution >= 0.6 is 0 Å². The van der Waals surface area contributed by atoms with Crippen molar-refractivity contribution in [3.8, 4) is 0 Å². The predicted octanol–water partition coefficient (Wildman–Crippen LogP) is 2.10. The van der Waals surface area contributed by atoms with E-state index in [9.17, 15) is 25.0 Å². The van der Waals surface area contributed by atoms with Crippen molar-refractivity contribution in [1.82, 2.24) is 0 Å². The molecule has 7 heteroatoms. The smallest absolute Gasteiger partial charge is 0.287 e. The Morgan fingerprint density at radius 1 is 1.25 bits per heavy atom. The molecule has 0 saturated heterocycles. The maximum Gasteiger partial charge on any atom is 0.287 e. The zero-order chi connectivity index (χ0) is 12.3. The first kappa shape index (κ1) is 11.8. The van der Waals surface area contributed by atoms with Gasteiger partial charge in [0, 0.05) is 12.5 Å². The molecule has 1 aromatic rings. The molecule has 16 heavy (non-hydrogen) atoms. The van der Waals surface area contributed by atoms with Gasteiger partial charge >= 0.3 is 0 Å². The van der Waals surface area contributed by atoms with E-state index in [2.05, 4.69) is 0 Å². The van der Waals surface area contributed by atoms with E-state index in [1.54, 1.807) is 6.92 Å². The lowest BCUT2D eigenvalue weighted by molar-refractivity contribution is -0.394. The third kappa shape index (κ3) is 2.19. The lowest BCUT2D eigenvalue weighted by Gasteiger charge is -1.99. The van der Waals surface area contributed by atoms with Crippen LogP contribution in [0.2, 0.25) is 0 Å². The first-order chi connectivity index (χ1) is 7.47. The SMILES string of the molecule is CCC(=O)c1ccc([N+](=O)[O-])cc1[N+](=O)[O-]. The monoisotopic (exact) mass is 224 g/mol. The Labute approximate surface area is 90.0 Å². The van der Waals surface area contributed by atoms with Gasteiger partial charge < -0.3 is 0 Å². The summed E-state index contributed by atoms with van der Waals surface area (Å²) in [5.74, 6) is -0.415. The van der Waals surface area contributed by atoms with Crippen LogP contribution in [0.1, 0.15) is 23.7 Å². The molecule has 1 aromatic carbocycles. The van der Waals surface area contributed by atoms with Crippen LogP contribution in [-0.2, 0) is 0 Å². The number of carbonyl (C=O) groups is 1. The van der Waals surface area contributed by atoms with Crippen LogP contribution in [0.15, 0.2) is 18.2 Å². The highest BCUT2D eigenvalue weighted by Crippen LogP contribution is 2.25. The standard InChI is InChI=1S/C9H8N2O5/c1-2-9(12)7-4-3-6(10(13)14)5-8(7)11(15)16/h3-5H,2H2,1H3. The van der Waals surface area contributed by atoms with Crippen molar-refractivity contribution in [1.29, 1.82) is 0 Å². The molecule has 84 valence electrons. The maximum absolute atomic E-state index is 11.3. The Hall–Kier alpha value is -2.31. The summed E-state index contributed by atoms with van der Waals surface area (Å²) < 4.78 is 0. The van der Waals surface area contributed by atoms with E-state index in [-0.39, 0.29) is 12.0 Å². The number of nitro benzene ring substituents is 2. The van der Waals surface area contributed by atoms with Crippen molar-refractivity contribution in [3.05, 3.63) is 44.0 Å². The minimum absolute atomic E-state index is 0.0990. The van der Waals surface area contributed by atoms with Crippen molar-refractivity contribution in [3.63, 3.8) is 0 Å². The van der Waals surface area contributed by atoms with Crippen molar-refractivity contribution in [2.24, 2.45) is 0 Å². The highest BCUT2D eigenvalue weighted by atomic mass is 16.6. The average Bonchev–Trinajstić information content (AvgIpc) is 2.26. The van der Waals surface area contributed by atoms with Gasteiger partial charge in [-0.05, 0) is 6.07 Å². The molecule has 0 unspecified atom stereocenters. The normalized spacial score (nSPS) is 9.81. The second kappa shape index (κ2) is 4.47. The van der Waals surface area contributed by atoms with Gasteiger partial charge in [-0.1, -0.05) is 6.92 Å². The number of hydrogen-bond acceptors (Lipinski definition) is 5. The van der Waals surface area contributed by atoms with Gasteiger partial charge in [0.1, 0.15) is 0 Å². The van der Waals surface area contributed by atoms with Gasteiger partial charge in [0.2, 0.25) is 0 Å². The summed E-state index contributed by atoms with van der Waals surface area (Å²) in [5, 5.41) is 21.1. The summed E-state index contributed by atoms with van der Waals surface area (Å²) in [6, 6.07) is 2.99. The second-order valence-electron chi connectivity index (χ2n) is 2.99. The van der Waals surface area contributed by atoms with Gasteiger partial charge in [-0.25, -0.2) is 0 Å². The number of nitrogens with zero attached hydrogens (tertiary/aromatic N) is 2. The zero-order valence-electron chi connectivity index (χ0n) is 8.37. The van der Waals surface area contributed by atoms with Gasteiger partial charge in [-0.15, -0.1) is 0 Å². The van der Waals surface area contributed by atoms with Crippen LogP contribution in [0, 0.1) is 20.2 Å². The minimum Gasteiger partial charge on any atom is -0.294 e. The quantitative estimate of drug-likeness (QED) is 0.442. The molecule has 0 saturated carbocycles. The van der Waals surface area contributed by atoms with Crippen molar-refractivity contribution in [2.75, 3.05) is 0 Å². The highest BCUT2D eigenvalue weighted by molar-refractivity contribution is 5.99. The molecule has 0 aliphatic rings. The number of non-ortho nitro benzene ring substituents is 1. The Balaban J connectivity index is 3.36. The molecule has 0 aliphatic carbocycles. The average molecular weight is 224 g/mol. The van der Waals surface area contributed by atoms with Crippen LogP contribution in [0.4, 0.5) is 11.4 Å². The van der Waals surface area contributed by atoms with Gasteiger partial charge in [0.05, 0.1) is 21.5 Å². The summed E-state index contributed by atoms with van der Waals surface area (Å²) in [6.07, 6.45) is 0.110. The molecule has 0 spiro atoms. The molecule has 0 amide bonds. The minimum atomic E-state index is -0.796. The van der Waals surface area contributed by atoms with Crippen molar-refractivity contribution in [2.45, 2.75) is 13.3 Å². The molecule has 0 radical (unpaired) electrons.